The minimum atomic E-state index is -3.17. The Morgan fingerprint density at radius 2 is 1.87 bits per heavy atom. The van der Waals surface area contributed by atoms with E-state index in [2.05, 4.69) is 29.5 Å². The number of hydrogen-bond acceptors (Lipinski definition) is 3. The van der Waals surface area contributed by atoms with E-state index in [1.165, 1.54) is 6.26 Å². The lowest BCUT2D eigenvalue weighted by atomic mass is 10.0. The topological polar surface area (TPSA) is 70.6 Å². The fraction of sp³-hybridized carbons (Fsp3) is 0.588. The van der Waals surface area contributed by atoms with Crippen molar-refractivity contribution >= 4 is 15.8 Å². The molecule has 130 valence electrons. The van der Waals surface area contributed by atoms with Gasteiger partial charge in [-0.15, -0.1) is 0 Å². The van der Waals surface area contributed by atoms with Gasteiger partial charge in [-0.1, -0.05) is 38.8 Å². The number of guanidine groups is 1. The number of nitrogens with zero attached hydrogens (tertiary/aromatic N) is 1. The van der Waals surface area contributed by atoms with Gasteiger partial charge in [-0.3, -0.25) is 4.99 Å². The van der Waals surface area contributed by atoms with Crippen LogP contribution >= 0.6 is 0 Å². The molecular weight excluding hydrogens is 310 g/mol. The molecule has 0 atom stereocenters. The van der Waals surface area contributed by atoms with Crippen LogP contribution in [0, 0.1) is 12.8 Å². The molecule has 0 saturated heterocycles. The highest BCUT2D eigenvalue weighted by Gasteiger charge is 2.11. The maximum atomic E-state index is 11.6. The molecule has 0 fully saturated rings. The highest BCUT2D eigenvalue weighted by atomic mass is 32.2. The number of benzene rings is 1. The first-order valence-electron chi connectivity index (χ1n) is 8.05. The molecule has 0 radical (unpaired) electrons. The summed E-state index contributed by atoms with van der Waals surface area (Å²) in [7, 11) is -1.42. The molecule has 2 N–H and O–H groups in total. The van der Waals surface area contributed by atoms with E-state index in [0.717, 1.165) is 36.5 Å². The normalized spacial score (nSPS) is 12.5. The van der Waals surface area contributed by atoms with Crippen molar-refractivity contribution in [2.24, 2.45) is 10.9 Å². The third kappa shape index (κ3) is 6.22. The van der Waals surface area contributed by atoms with E-state index in [1.807, 2.05) is 19.1 Å². The highest BCUT2D eigenvalue weighted by Crippen LogP contribution is 2.16. The molecule has 23 heavy (non-hydrogen) atoms. The second-order valence-electron chi connectivity index (χ2n) is 5.86. The fourth-order valence-electron chi connectivity index (χ4n) is 2.46. The molecular formula is C17H29N3O2S. The second kappa shape index (κ2) is 8.91. The Hall–Kier alpha value is -1.56. The Bertz CT molecular complexity index is 635. The van der Waals surface area contributed by atoms with Gasteiger partial charge in [0.05, 0.1) is 4.90 Å². The van der Waals surface area contributed by atoms with Crippen LogP contribution in [0.3, 0.4) is 0 Å². The van der Waals surface area contributed by atoms with Gasteiger partial charge in [0.15, 0.2) is 15.8 Å². The third-order valence-corrected chi connectivity index (χ3v) is 5.29. The van der Waals surface area contributed by atoms with E-state index < -0.39 is 9.84 Å². The van der Waals surface area contributed by atoms with E-state index in [1.54, 1.807) is 13.1 Å². The molecule has 0 aliphatic heterocycles. The van der Waals surface area contributed by atoms with Crippen molar-refractivity contribution < 1.29 is 8.42 Å². The van der Waals surface area contributed by atoms with Crippen LogP contribution in [0.4, 0.5) is 0 Å². The Kier molecular flexibility index (Phi) is 7.55. The molecule has 0 aliphatic carbocycles. The summed E-state index contributed by atoms with van der Waals surface area (Å²) in [4.78, 5) is 4.61. The van der Waals surface area contributed by atoms with Crippen molar-refractivity contribution in [3.63, 3.8) is 0 Å². The molecule has 6 heteroatoms. The minimum Gasteiger partial charge on any atom is -0.356 e. The lowest BCUT2D eigenvalue weighted by molar-refractivity contribution is 0.481. The van der Waals surface area contributed by atoms with E-state index >= 15 is 0 Å². The predicted octanol–water partition coefficient (Wildman–Crippen LogP) is 2.50. The van der Waals surface area contributed by atoms with Gasteiger partial charge in [-0.05, 0) is 30.0 Å². The van der Waals surface area contributed by atoms with E-state index in [9.17, 15) is 8.42 Å². The van der Waals surface area contributed by atoms with Gasteiger partial charge in [0.25, 0.3) is 0 Å². The summed E-state index contributed by atoms with van der Waals surface area (Å²) in [6, 6.07) is 5.41. The molecule has 1 aromatic carbocycles. The van der Waals surface area contributed by atoms with Gasteiger partial charge in [-0.2, -0.15) is 0 Å². The minimum absolute atomic E-state index is 0.387. The number of nitrogens with one attached hydrogen (secondary N) is 2. The molecule has 0 amide bonds. The van der Waals surface area contributed by atoms with Gasteiger partial charge in [0.1, 0.15) is 0 Å². The number of aliphatic imine (C=N–C) groups is 1. The zero-order valence-corrected chi connectivity index (χ0v) is 15.6. The molecule has 5 nitrogen and oxygen atoms in total. The van der Waals surface area contributed by atoms with Gasteiger partial charge in [0.2, 0.25) is 0 Å². The molecule has 0 bridgehead atoms. The van der Waals surface area contributed by atoms with Gasteiger partial charge >= 0.3 is 0 Å². The van der Waals surface area contributed by atoms with Crippen LogP contribution in [-0.2, 0) is 16.4 Å². The largest absolute Gasteiger partial charge is 0.356 e. The number of aryl methyl sites for hydroxylation is 1. The summed E-state index contributed by atoms with van der Waals surface area (Å²) >= 11 is 0. The Morgan fingerprint density at radius 3 is 2.35 bits per heavy atom. The monoisotopic (exact) mass is 339 g/mol. The van der Waals surface area contributed by atoms with E-state index in [-0.39, 0.29) is 0 Å². The Labute approximate surface area is 140 Å². The lowest BCUT2D eigenvalue weighted by Gasteiger charge is -2.17. The van der Waals surface area contributed by atoms with Crippen LogP contribution in [-0.4, -0.2) is 34.2 Å². The van der Waals surface area contributed by atoms with Gasteiger partial charge in [0, 0.05) is 26.4 Å². The van der Waals surface area contributed by atoms with Crippen molar-refractivity contribution in [3.05, 3.63) is 29.3 Å². The molecule has 0 unspecified atom stereocenters. The van der Waals surface area contributed by atoms with Crippen molar-refractivity contribution in [1.82, 2.24) is 10.6 Å². The number of rotatable bonds is 7. The van der Waals surface area contributed by atoms with Crippen LogP contribution in [0.5, 0.6) is 0 Å². The lowest BCUT2D eigenvalue weighted by Crippen LogP contribution is -2.39. The summed E-state index contributed by atoms with van der Waals surface area (Å²) in [6.45, 7) is 7.71. The quantitative estimate of drug-likeness (QED) is 0.591. The zero-order chi connectivity index (χ0) is 17.5. The summed E-state index contributed by atoms with van der Waals surface area (Å²) < 4.78 is 23.3. The maximum Gasteiger partial charge on any atom is 0.191 e. The second-order valence-corrected chi connectivity index (χ2v) is 7.85. The highest BCUT2D eigenvalue weighted by molar-refractivity contribution is 7.90. The molecule has 0 heterocycles. The smallest absolute Gasteiger partial charge is 0.191 e. The van der Waals surface area contributed by atoms with Crippen LogP contribution in [0.15, 0.2) is 28.1 Å². The Balaban J connectivity index is 2.65. The summed E-state index contributed by atoms with van der Waals surface area (Å²) in [5.41, 5.74) is 1.80. The van der Waals surface area contributed by atoms with E-state index in [0.29, 0.717) is 17.4 Å². The summed E-state index contributed by atoms with van der Waals surface area (Å²) in [6.07, 6.45) is 3.52. The van der Waals surface area contributed by atoms with Crippen LogP contribution < -0.4 is 10.6 Å². The van der Waals surface area contributed by atoms with Crippen LogP contribution in [0.2, 0.25) is 0 Å². The average molecular weight is 340 g/mol. The van der Waals surface area contributed by atoms with Crippen molar-refractivity contribution in [1.29, 1.82) is 0 Å². The summed E-state index contributed by atoms with van der Waals surface area (Å²) in [5, 5.41) is 6.60. The molecule has 1 rings (SSSR count). The van der Waals surface area contributed by atoms with Crippen LogP contribution in [0.25, 0.3) is 0 Å². The first-order valence-corrected chi connectivity index (χ1v) is 9.95. The first-order chi connectivity index (χ1) is 10.8. The Morgan fingerprint density at radius 1 is 1.22 bits per heavy atom. The van der Waals surface area contributed by atoms with Crippen molar-refractivity contribution in [2.75, 3.05) is 19.8 Å². The standard InChI is InChI=1S/C17H29N3O2S/c1-6-14(7-2)11-19-17(18-4)20-12-15-8-9-16(13(3)10-15)23(5,21)22/h8-10,14H,6-7,11-12H2,1-5H3,(H2,18,19,20). The van der Waals surface area contributed by atoms with E-state index in [4.69, 9.17) is 0 Å². The predicted molar refractivity (Wildman–Crippen MR) is 96.6 cm³/mol. The maximum absolute atomic E-state index is 11.6. The summed E-state index contributed by atoms with van der Waals surface area (Å²) in [5.74, 6) is 1.41. The molecule has 1 aromatic rings. The molecule has 0 saturated carbocycles. The SMILES string of the molecule is CCC(CC)CNC(=NC)NCc1ccc(S(C)(=O)=O)c(C)c1. The number of sulfone groups is 1. The molecule has 0 aliphatic rings. The van der Waals surface area contributed by atoms with Crippen molar-refractivity contribution in [2.45, 2.75) is 45.1 Å². The first kappa shape index (κ1) is 19.5. The number of hydrogen-bond donors (Lipinski definition) is 2. The average Bonchev–Trinajstić information content (AvgIpc) is 2.49. The molecule has 0 spiro atoms. The zero-order valence-electron chi connectivity index (χ0n) is 14.8. The van der Waals surface area contributed by atoms with Crippen molar-refractivity contribution in [3.8, 4) is 0 Å². The van der Waals surface area contributed by atoms with Crippen LogP contribution in [0.1, 0.15) is 37.8 Å². The van der Waals surface area contributed by atoms with Gasteiger partial charge in [-0.25, -0.2) is 8.42 Å². The fourth-order valence-corrected chi connectivity index (χ4v) is 3.42. The third-order valence-electron chi connectivity index (χ3n) is 4.04. The van der Waals surface area contributed by atoms with Gasteiger partial charge < -0.3 is 10.6 Å². The molecule has 0 aromatic heterocycles.